The van der Waals surface area contributed by atoms with Gasteiger partial charge in [0.25, 0.3) is 5.91 Å². The highest BCUT2D eigenvalue weighted by Gasteiger charge is 2.31. The average Bonchev–Trinajstić information content (AvgIpc) is 3.26. The summed E-state index contributed by atoms with van der Waals surface area (Å²) in [4.78, 5) is 64.0. The lowest BCUT2D eigenvalue weighted by molar-refractivity contribution is -0.133. The highest BCUT2D eigenvalue weighted by atomic mass is 19.1. The molecule has 2 aromatic carbocycles. The smallest absolute Gasteiger partial charge is 0.253 e. The van der Waals surface area contributed by atoms with E-state index in [9.17, 15) is 23.6 Å². The van der Waals surface area contributed by atoms with Gasteiger partial charge in [-0.3, -0.25) is 29.4 Å². The number of anilines is 4. The Balaban J connectivity index is 0.720. The molecule has 4 heterocycles. The van der Waals surface area contributed by atoms with Gasteiger partial charge in [-0.25, -0.2) is 18.7 Å². The Hall–Kier alpha value is -5.22. The van der Waals surface area contributed by atoms with Crippen LogP contribution in [0.2, 0.25) is 0 Å². The summed E-state index contributed by atoms with van der Waals surface area (Å²) in [6, 6.07) is 11.6. The van der Waals surface area contributed by atoms with E-state index in [0.29, 0.717) is 66.5 Å². The third kappa shape index (κ3) is 10.2. The summed E-state index contributed by atoms with van der Waals surface area (Å²) in [5, 5.41) is 12.0. The van der Waals surface area contributed by atoms with Crippen LogP contribution in [0.5, 0.6) is 0 Å². The molecule has 0 radical (unpaired) electrons. The summed E-state index contributed by atoms with van der Waals surface area (Å²) >= 11 is 0. The Labute approximate surface area is 349 Å². The normalized spacial score (nSPS) is 25.4. The van der Waals surface area contributed by atoms with Gasteiger partial charge in [-0.15, -0.1) is 0 Å². The quantitative estimate of drug-likeness (QED) is 0.187. The third-order valence-electron chi connectivity index (χ3n) is 12.9. The highest BCUT2D eigenvalue weighted by Crippen LogP contribution is 2.32. The molecule has 4 N–H and O–H groups in total. The molecule has 3 aromatic rings. The van der Waals surface area contributed by atoms with Gasteiger partial charge in [0.05, 0.1) is 18.5 Å². The predicted molar refractivity (Wildman–Crippen MR) is 223 cm³/mol. The summed E-state index contributed by atoms with van der Waals surface area (Å²) in [6.07, 6.45) is 9.38. The van der Waals surface area contributed by atoms with E-state index < -0.39 is 11.9 Å². The predicted octanol–water partition coefficient (Wildman–Crippen LogP) is 4.72. The minimum atomic E-state index is -0.553. The van der Waals surface area contributed by atoms with Gasteiger partial charge in [0, 0.05) is 81.1 Å². The van der Waals surface area contributed by atoms with Crippen LogP contribution in [0.1, 0.15) is 64.2 Å². The van der Waals surface area contributed by atoms with E-state index in [1.165, 1.54) is 12.3 Å². The fraction of sp³-hybridized carbons (Fsp3) is 0.545. The van der Waals surface area contributed by atoms with Crippen LogP contribution in [0.25, 0.3) is 11.3 Å². The Morgan fingerprint density at radius 3 is 2.38 bits per heavy atom. The Morgan fingerprint density at radius 1 is 0.850 bits per heavy atom. The molecule has 8 rings (SSSR count). The standard InChI is InChI=1S/C44H55F2N9O5/c45-35-23-33(49-37-13-15-39(56)51-43(37)59)12-14-38(35)54-18-16-53(17-19-54)26-29-6-4-28(5-7-29)24-47-42(58)30-8-10-32(11-9-30)50-44-48-25-36(46)41(52-44)31-2-1-3-34(22-31)55-20-21-60-27-40(55)57/h1-3,12,14,22-23,25,28-30,32,37,49H,4-11,13,15-21,24,26-27H2,(H,47,58)(H,48,50,52)(H,51,56,59)/t28?,29?,30-,32-,37?. The van der Waals surface area contributed by atoms with E-state index in [1.54, 1.807) is 35.2 Å². The molecule has 60 heavy (non-hydrogen) atoms. The number of ether oxygens (including phenoxy) is 1. The molecule has 14 nitrogen and oxygen atoms in total. The number of piperidine rings is 1. The number of carbonyl (C=O) groups excluding carboxylic acids is 4. The number of nitrogens with zero attached hydrogens (tertiary/aromatic N) is 5. The zero-order chi connectivity index (χ0) is 41.6. The second-order valence-electron chi connectivity index (χ2n) is 17.0. The van der Waals surface area contributed by atoms with E-state index in [0.717, 1.165) is 84.1 Å². The summed E-state index contributed by atoms with van der Waals surface area (Å²) in [5.74, 6) is -0.135. The van der Waals surface area contributed by atoms with E-state index in [4.69, 9.17) is 4.74 Å². The van der Waals surface area contributed by atoms with Crippen molar-refractivity contribution in [1.29, 1.82) is 0 Å². The number of aromatic nitrogens is 2. The van der Waals surface area contributed by atoms with Crippen LogP contribution < -0.4 is 31.1 Å². The third-order valence-corrected chi connectivity index (χ3v) is 12.9. The van der Waals surface area contributed by atoms with Crippen molar-refractivity contribution in [2.24, 2.45) is 17.8 Å². The Kier molecular flexibility index (Phi) is 13.2. The number of hydrogen-bond donors (Lipinski definition) is 4. The zero-order valence-corrected chi connectivity index (χ0v) is 34.0. The highest BCUT2D eigenvalue weighted by molar-refractivity contribution is 6.01. The van der Waals surface area contributed by atoms with Gasteiger partial charge in [-0.2, -0.15) is 0 Å². The van der Waals surface area contributed by atoms with Crippen LogP contribution in [0.15, 0.2) is 48.7 Å². The van der Waals surface area contributed by atoms with Crippen LogP contribution in [-0.4, -0.2) is 110 Å². The van der Waals surface area contributed by atoms with Gasteiger partial charge >= 0.3 is 0 Å². The molecule has 2 saturated carbocycles. The molecule has 0 bridgehead atoms. The van der Waals surface area contributed by atoms with Gasteiger partial charge in [0.2, 0.25) is 23.7 Å². The molecule has 3 saturated heterocycles. The molecular weight excluding hydrogens is 773 g/mol. The number of nitrogens with one attached hydrogen (secondary N) is 4. The van der Waals surface area contributed by atoms with Crippen LogP contribution in [0.3, 0.4) is 0 Å². The van der Waals surface area contributed by atoms with E-state index in [2.05, 4.69) is 41.0 Å². The number of morpholine rings is 1. The lowest BCUT2D eigenvalue weighted by Crippen LogP contribution is -2.48. The number of amides is 4. The number of benzene rings is 2. The largest absolute Gasteiger partial charge is 0.374 e. The molecule has 16 heteroatoms. The summed E-state index contributed by atoms with van der Waals surface area (Å²) < 4.78 is 35.4. The zero-order valence-electron chi connectivity index (χ0n) is 34.0. The Bertz CT molecular complexity index is 2030. The maximum absolute atomic E-state index is 15.2. The van der Waals surface area contributed by atoms with Crippen molar-refractivity contribution in [2.45, 2.75) is 76.3 Å². The molecule has 0 spiro atoms. The van der Waals surface area contributed by atoms with Gasteiger partial charge in [-0.05, 0) is 100.0 Å². The summed E-state index contributed by atoms with van der Waals surface area (Å²) in [7, 11) is 0. The molecule has 1 atom stereocenters. The molecular formula is C44H55F2N9O5. The fourth-order valence-corrected chi connectivity index (χ4v) is 9.36. The second kappa shape index (κ2) is 19.0. The molecule has 5 fully saturated rings. The minimum absolute atomic E-state index is 0.0237. The summed E-state index contributed by atoms with van der Waals surface area (Å²) in [5.41, 5.74) is 2.48. The number of rotatable bonds is 12. The second-order valence-corrected chi connectivity index (χ2v) is 17.0. The van der Waals surface area contributed by atoms with Gasteiger partial charge in [-0.1, -0.05) is 12.1 Å². The van der Waals surface area contributed by atoms with Crippen molar-refractivity contribution >= 4 is 46.6 Å². The molecule has 2 aliphatic carbocycles. The minimum Gasteiger partial charge on any atom is -0.374 e. The first-order chi connectivity index (χ1) is 29.1. The molecule has 1 unspecified atom stereocenters. The maximum Gasteiger partial charge on any atom is 0.253 e. The van der Waals surface area contributed by atoms with Crippen molar-refractivity contribution < 1.29 is 32.7 Å². The monoisotopic (exact) mass is 827 g/mol. The first kappa shape index (κ1) is 41.5. The number of piperazine rings is 1. The lowest BCUT2D eigenvalue weighted by atomic mass is 9.81. The number of hydrogen-bond acceptors (Lipinski definition) is 11. The molecule has 1 aromatic heterocycles. The summed E-state index contributed by atoms with van der Waals surface area (Å²) in [6.45, 7) is 5.88. The van der Waals surface area contributed by atoms with Crippen molar-refractivity contribution in [3.05, 3.63) is 60.3 Å². The molecule has 3 aliphatic heterocycles. The number of halogens is 2. The van der Waals surface area contributed by atoms with Gasteiger partial charge < -0.3 is 30.5 Å². The van der Waals surface area contributed by atoms with E-state index >= 15 is 4.39 Å². The SMILES string of the molecule is O=C1CCC(Nc2ccc(N3CCN(CC4CCC(CNC(=O)[C@H]5CC[C@H](Nc6ncc(F)c(-c7cccc(N8CCOCC8=O)c7)n6)CC5)CC4)CC3)c(F)c2)C(=O)N1. The molecule has 320 valence electrons. The first-order valence-electron chi connectivity index (χ1n) is 21.6. The molecule has 4 amide bonds. The van der Waals surface area contributed by atoms with Crippen LogP contribution in [0, 0.1) is 29.4 Å². The van der Waals surface area contributed by atoms with Crippen molar-refractivity contribution in [3.63, 3.8) is 0 Å². The van der Waals surface area contributed by atoms with Gasteiger partial charge in [0.15, 0.2) is 5.82 Å². The van der Waals surface area contributed by atoms with Crippen molar-refractivity contribution in [3.8, 4) is 11.3 Å². The Morgan fingerprint density at radius 2 is 1.63 bits per heavy atom. The number of imide groups is 1. The van der Waals surface area contributed by atoms with E-state index in [1.807, 2.05) is 6.07 Å². The van der Waals surface area contributed by atoms with Crippen molar-refractivity contribution in [1.82, 2.24) is 25.5 Å². The van der Waals surface area contributed by atoms with Crippen LogP contribution >= 0.6 is 0 Å². The topological polar surface area (TPSA) is 161 Å². The first-order valence-corrected chi connectivity index (χ1v) is 21.6. The van der Waals surface area contributed by atoms with Crippen molar-refractivity contribution in [2.75, 3.05) is 79.5 Å². The lowest BCUT2D eigenvalue weighted by Gasteiger charge is -2.39. The maximum atomic E-state index is 15.2. The van der Waals surface area contributed by atoms with Crippen LogP contribution in [0.4, 0.5) is 31.8 Å². The number of carbonyl (C=O) groups is 4. The van der Waals surface area contributed by atoms with E-state index in [-0.39, 0.29) is 60.1 Å². The van der Waals surface area contributed by atoms with Gasteiger partial charge in [0.1, 0.15) is 24.2 Å². The van der Waals surface area contributed by atoms with Crippen LogP contribution in [-0.2, 0) is 23.9 Å². The average molecular weight is 828 g/mol. The fourth-order valence-electron chi connectivity index (χ4n) is 9.36. The molecule has 5 aliphatic rings.